The third-order valence-electron chi connectivity index (χ3n) is 6.33. The van der Waals surface area contributed by atoms with Gasteiger partial charge in [0.1, 0.15) is 12.1 Å². The van der Waals surface area contributed by atoms with Gasteiger partial charge in [0.15, 0.2) is 0 Å². The molecule has 2 heterocycles. The molecule has 144 valence electrons. The largest absolute Gasteiger partial charge is 0.341 e. The first-order valence-electron chi connectivity index (χ1n) is 10.0. The van der Waals surface area contributed by atoms with E-state index in [9.17, 15) is 14.4 Å². The minimum Gasteiger partial charge on any atom is -0.341 e. The molecule has 0 aromatic heterocycles. The smallest absolute Gasteiger partial charge is 0.325 e. The number of hydrogen-bond acceptors (Lipinski definition) is 3. The maximum absolute atomic E-state index is 13.4. The van der Waals surface area contributed by atoms with Crippen LogP contribution in [0.15, 0.2) is 24.3 Å². The molecular weight excluding hydrogens is 342 g/mol. The Morgan fingerprint density at radius 3 is 2.70 bits per heavy atom. The Morgan fingerprint density at radius 2 is 1.93 bits per heavy atom. The van der Waals surface area contributed by atoms with Crippen LogP contribution < -0.4 is 5.32 Å². The summed E-state index contributed by atoms with van der Waals surface area (Å²) in [6, 6.07) is 7.41. The fourth-order valence-corrected chi connectivity index (χ4v) is 4.61. The Bertz CT molecular complexity index is 770. The van der Waals surface area contributed by atoms with Gasteiger partial charge in [-0.15, -0.1) is 0 Å². The molecule has 4 amide bonds. The zero-order chi connectivity index (χ0) is 19.0. The molecule has 1 N–H and O–H groups in total. The molecule has 1 unspecified atom stereocenters. The SMILES string of the molecule is CC1CCN(C(=O)CN2C(=O)NC3(CCCCc4ccccc43)C2=O)CC1. The number of imide groups is 1. The first-order valence-corrected chi connectivity index (χ1v) is 10.0. The van der Waals surface area contributed by atoms with Crippen molar-refractivity contribution in [2.75, 3.05) is 19.6 Å². The third kappa shape index (κ3) is 3.11. The van der Waals surface area contributed by atoms with E-state index < -0.39 is 11.6 Å². The van der Waals surface area contributed by atoms with Crippen molar-refractivity contribution in [2.24, 2.45) is 5.92 Å². The topological polar surface area (TPSA) is 69.7 Å². The maximum atomic E-state index is 13.4. The Labute approximate surface area is 159 Å². The molecule has 4 rings (SSSR count). The molecule has 2 aliphatic heterocycles. The molecule has 2 saturated heterocycles. The van der Waals surface area contributed by atoms with Crippen molar-refractivity contribution in [1.82, 2.24) is 15.1 Å². The number of nitrogens with one attached hydrogen (secondary N) is 1. The first kappa shape index (κ1) is 18.0. The van der Waals surface area contributed by atoms with Crippen molar-refractivity contribution in [3.63, 3.8) is 0 Å². The van der Waals surface area contributed by atoms with Crippen LogP contribution in [0, 0.1) is 5.92 Å². The first-order chi connectivity index (χ1) is 13.0. The van der Waals surface area contributed by atoms with Gasteiger partial charge in [0.25, 0.3) is 5.91 Å². The normalized spacial score (nSPS) is 26.1. The van der Waals surface area contributed by atoms with Gasteiger partial charge in [-0.25, -0.2) is 4.79 Å². The van der Waals surface area contributed by atoms with Gasteiger partial charge in [-0.1, -0.05) is 31.2 Å². The van der Waals surface area contributed by atoms with Crippen molar-refractivity contribution in [1.29, 1.82) is 0 Å². The molecule has 27 heavy (non-hydrogen) atoms. The Balaban J connectivity index is 1.56. The van der Waals surface area contributed by atoms with E-state index in [0.29, 0.717) is 25.4 Å². The van der Waals surface area contributed by atoms with Crippen LogP contribution in [-0.2, 0) is 21.5 Å². The summed E-state index contributed by atoms with van der Waals surface area (Å²) in [4.78, 5) is 41.6. The van der Waals surface area contributed by atoms with Crippen molar-refractivity contribution < 1.29 is 14.4 Å². The molecule has 2 fully saturated rings. The molecule has 3 aliphatic rings. The van der Waals surface area contributed by atoms with Gasteiger partial charge in [0, 0.05) is 13.1 Å². The summed E-state index contributed by atoms with van der Waals surface area (Å²) in [7, 11) is 0. The number of benzene rings is 1. The number of likely N-dealkylation sites (tertiary alicyclic amines) is 1. The molecule has 1 atom stereocenters. The Hall–Kier alpha value is -2.37. The number of hydrogen-bond donors (Lipinski definition) is 1. The lowest BCUT2D eigenvalue weighted by molar-refractivity contribution is -0.140. The second-order valence-electron chi connectivity index (χ2n) is 8.15. The van der Waals surface area contributed by atoms with E-state index >= 15 is 0 Å². The Kier molecular flexibility index (Phi) is 4.66. The van der Waals surface area contributed by atoms with Crippen LogP contribution in [0.3, 0.4) is 0 Å². The highest BCUT2D eigenvalue weighted by Crippen LogP contribution is 2.39. The standard InChI is InChI=1S/C21H27N3O3/c1-15-9-12-23(13-10-15)18(25)14-24-19(26)21(22-20(24)27)11-5-4-7-16-6-2-3-8-17(16)21/h2-3,6,8,15H,4-5,7,9-14H2,1H3,(H,22,27). The van der Waals surface area contributed by atoms with Crippen LogP contribution in [-0.4, -0.2) is 47.3 Å². The fourth-order valence-electron chi connectivity index (χ4n) is 4.61. The fraction of sp³-hybridized carbons (Fsp3) is 0.571. The number of rotatable bonds is 2. The number of piperidine rings is 1. The van der Waals surface area contributed by atoms with E-state index in [-0.39, 0.29) is 18.4 Å². The second-order valence-corrected chi connectivity index (χ2v) is 8.15. The van der Waals surface area contributed by atoms with Crippen LogP contribution in [0.25, 0.3) is 0 Å². The van der Waals surface area contributed by atoms with Gasteiger partial charge in [0.05, 0.1) is 0 Å². The molecule has 1 aromatic carbocycles. The zero-order valence-corrected chi connectivity index (χ0v) is 15.9. The Morgan fingerprint density at radius 1 is 1.19 bits per heavy atom. The lowest BCUT2D eigenvalue weighted by Crippen LogP contribution is -2.47. The average molecular weight is 369 g/mol. The van der Waals surface area contributed by atoms with E-state index in [1.165, 1.54) is 0 Å². The van der Waals surface area contributed by atoms with Crippen molar-refractivity contribution in [3.8, 4) is 0 Å². The lowest BCUT2D eigenvalue weighted by atomic mass is 9.84. The van der Waals surface area contributed by atoms with Crippen LogP contribution in [0.4, 0.5) is 4.79 Å². The number of fused-ring (bicyclic) bond motifs is 2. The quantitative estimate of drug-likeness (QED) is 0.814. The van der Waals surface area contributed by atoms with Crippen LogP contribution in [0.2, 0.25) is 0 Å². The van der Waals surface area contributed by atoms with Gasteiger partial charge < -0.3 is 10.2 Å². The summed E-state index contributed by atoms with van der Waals surface area (Å²) >= 11 is 0. The highest BCUT2D eigenvalue weighted by molar-refractivity contribution is 6.09. The summed E-state index contributed by atoms with van der Waals surface area (Å²) in [6.07, 6.45) is 5.30. The number of nitrogens with zero attached hydrogens (tertiary/aromatic N) is 2. The highest BCUT2D eigenvalue weighted by Gasteiger charge is 2.53. The van der Waals surface area contributed by atoms with Crippen LogP contribution in [0.1, 0.15) is 50.2 Å². The van der Waals surface area contributed by atoms with Crippen LogP contribution in [0.5, 0.6) is 0 Å². The number of carbonyl (C=O) groups excluding carboxylic acids is 3. The van der Waals surface area contributed by atoms with E-state index in [1.807, 2.05) is 24.3 Å². The molecule has 0 saturated carbocycles. The molecule has 1 aromatic rings. The molecule has 0 bridgehead atoms. The van der Waals surface area contributed by atoms with E-state index in [0.717, 1.165) is 48.1 Å². The second kappa shape index (κ2) is 6.98. The minimum absolute atomic E-state index is 0.135. The predicted molar refractivity (Wildman–Crippen MR) is 101 cm³/mol. The van der Waals surface area contributed by atoms with Crippen molar-refractivity contribution >= 4 is 17.8 Å². The predicted octanol–water partition coefficient (Wildman–Crippen LogP) is 2.42. The molecule has 1 aliphatic carbocycles. The van der Waals surface area contributed by atoms with Crippen molar-refractivity contribution in [2.45, 2.75) is 51.0 Å². The van der Waals surface area contributed by atoms with Crippen LogP contribution >= 0.6 is 0 Å². The van der Waals surface area contributed by atoms with Gasteiger partial charge in [-0.3, -0.25) is 14.5 Å². The summed E-state index contributed by atoms with van der Waals surface area (Å²) < 4.78 is 0. The maximum Gasteiger partial charge on any atom is 0.325 e. The number of carbonyl (C=O) groups is 3. The summed E-state index contributed by atoms with van der Waals surface area (Å²) in [5.41, 5.74) is 0.991. The van der Waals surface area contributed by atoms with E-state index in [4.69, 9.17) is 0 Å². The van der Waals surface area contributed by atoms with E-state index in [2.05, 4.69) is 12.2 Å². The number of urea groups is 1. The van der Waals surface area contributed by atoms with Gasteiger partial charge in [-0.2, -0.15) is 0 Å². The molecule has 6 nitrogen and oxygen atoms in total. The molecular formula is C21H27N3O3. The molecule has 6 heteroatoms. The number of aryl methyl sites for hydroxylation is 1. The summed E-state index contributed by atoms with van der Waals surface area (Å²) in [6.45, 7) is 3.44. The molecule has 1 spiro atoms. The minimum atomic E-state index is -1.01. The molecule has 0 radical (unpaired) electrons. The van der Waals surface area contributed by atoms with Crippen molar-refractivity contribution in [3.05, 3.63) is 35.4 Å². The summed E-state index contributed by atoms with van der Waals surface area (Å²) in [5, 5.41) is 2.95. The van der Waals surface area contributed by atoms with Gasteiger partial charge >= 0.3 is 6.03 Å². The third-order valence-corrected chi connectivity index (χ3v) is 6.33. The average Bonchev–Trinajstić information content (AvgIpc) is 2.82. The summed E-state index contributed by atoms with van der Waals surface area (Å²) in [5.74, 6) is 0.210. The number of amides is 4. The van der Waals surface area contributed by atoms with E-state index in [1.54, 1.807) is 4.90 Å². The van der Waals surface area contributed by atoms with Gasteiger partial charge in [0.2, 0.25) is 5.91 Å². The van der Waals surface area contributed by atoms with Gasteiger partial charge in [-0.05, 0) is 55.6 Å². The zero-order valence-electron chi connectivity index (χ0n) is 15.9. The monoisotopic (exact) mass is 369 g/mol. The lowest BCUT2D eigenvalue weighted by Gasteiger charge is -2.31. The highest BCUT2D eigenvalue weighted by atomic mass is 16.2.